The van der Waals surface area contributed by atoms with Crippen LogP contribution in [-0.4, -0.2) is 22.6 Å². The molecule has 1 saturated carbocycles. The third kappa shape index (κ3) is 3.58. The van der Waals surface area contributed by atoms with Crippen LogP contribution in [0.15, 0.2) is 12.3 Å². The van der Waals surface area contributed by atoms with Gasteiger partial charge in [-0.25, -0.2) is 9.97 Å². The molecule has 1 aromatic heterocycles. The second-order valence-electron chi connectivity index (χ2n) is 5.50. The summed E-state index contributed by atoms with van der Waals surface area (Å²) in [6.45, 7) is 5.59. The van der Waals surface area contributed by atoms with Gasteiger partial charge in [-0.2, -0.15) is 0 Å². The average molecular weight is 268 g/mol. The lowest BCUT2D eigenvalue weighted by molar-refractivity contribution is 0.525. The average Bonchev–Trinajstić information content (AvgIpc) is 2.83. The minimum absolute atomic E-state index is 0.347. The van der Waals surface area contributed by atoms with Crippen molar-refractivity contribution < 1.29 is 0 Å². The second-order valence-corrected chi connectivity index (χ2v) is 5.84. The topological polar surface area (TPSA) is 29.0 Å². The first kappa shape index (κ1) is 13.6. The van der Waals surface area contributed by atoms with Gasteiger partial charge in [0.05, 0.1) is 0 Å². The lowest BCUT2D eigenvalue weighted by Crippen LogP contribution is -2.35. The summed E-state index contributed by atoms with van der Waals surface area (Å²) in [5.74, 6) is 1.70. The molecular weight excluding hydrogens is 246 g/mol. The van der Waals surface area contributed by atoms with Gasteiger partial charge in [-0.3, -0.25) is 0 Å². The molecule has 1 aliphatic carbocycles. The van der Waals surface area contributed by atoms with Gasteiger partial charge in [-0.05, 0) is 42.8 Å². The minimum Gasteiger partial charge on any atom is -0.353 e. The normalized spacial score (nSPS) is 16.4. The fourth-order valence-corrected chi connectivity index (χ4v) is 2.73. The smallest absolute Gasteiger partial charge is 0.224 e. The molecule has 0 unspecified atom stereocenters. The van der Waals surface area contributed by atoms with Crippen LogP contribution in [0.3, 0.4) is 0 Å². The van der Waals surface area contributed by atoms with Crippen LogP contribution in [0.4, 0.5) is 5.82 Å². The Labute approximate surface area is 115 Å². The Kier molecular flexibility index (Phi) is 4.81. The van der Waals surface area contributed by atoms with E-state index in [-0.39, 0.29) is 0 Å². The summed E-state index contributed by atoms with van der Waals surface area (Å²) < 4.78 is 0. The molecule has 18 heavy (non-hydrogen) atoms. The van der Waals surface area contributed by atoms with E-state index in [9.17, 15) is 0 Å². The van der Waals surface area contributed by atoms with Crippen LogP contribution in [0, 0.1) is 5.92 Å². The number of aromatic nitrogens is 2. The number of halogens is 1. The van der Waals surface area contributed by atoms with Gasteiger partial charge in [-0.1, -0.05) is 26.7 Å². The SMILES string of the molecule is CC(C)CCN(c1ccnc(Cl)n1)C1CCCC1. The van der Waals surface area contributed by atoms with Crippen molar-refractivity contribution in [2.45, 2.75) is 52.0 Å². The maximum atomic E-state index is 5.91. The van der Waals surface area contributed by atoms with E-state index in [0.29, 0.717) is 17.2 Å². The molecule has 0 aliphatic heterocycles. The van der Waals surface area contributed by atoms with Crippen LogP contribution >= 0.6 is 11.6 Å². The van der Waals surface area contributed by atoms with Gasteiger partial charge in [0.15, 0.2) is 0 Å². The van der Waals surface area contributed by atoms with Gasteiger partial charge < -0.3 is 4.90 Å². The molecule has 0 radical (unpaired) electrons. The standard InChI is InChI=1S/C14H22ClN3/c1-11(2)8-10-18(12-5-3-4-6-12)13-7-9-16-14(15)17-13/h7,9,11-12H,3-6,8,10H2,1-2H3. The van der Waals surface area contributed by atoms with Crippen molar-refractivity contribution in [3.63, 3.8) is 0 Å². The van der Waals surface area contributed by atoms with E-state index in [4.69, 9.17) is 11.6 Å². The zero-order chi connectivity index (χ0) is 13.0. The van der Waals surface area contributed by atoms with Gasteiger partial charge in [0.2, 0.25) is 5.28 Å². The summed E-state index contributed by atoms with van der Waals surface area (Å²) in [6, 6.07) is 2.61. The molecule has 1 aromatic rings. The number of anilines is 1. The molecule has 0 saturated heterocycles. The molecule has 0 spiro atoms. The largest absolute Gasteiger partial charge is 0.353 e. The van der Waals surface area contributed by atoms with Crippen molar-refractivity contribution in [3.05, 3.63) is 17.5 Å². The summed E-state index contributed by atoms with van der Waals surface area (Å²) in [6.07, 6.45) is 8.17. The first-order valence-electron chi connectivity index (χ1n) is 6.92. The van der Waals surface area contributed by atoms with E-state index in [1.54, 1.807) is 6.20 Å². The Hall–Kier alpha value is -0.830. The Morgan fingerprint density at radius 2 is 2.11 bits per heavy atom. The summed E-state index contributed by atoms with van der Waals surface area (Å²) in [7, 11) is 0. The first-order chi connectivity index (χ1) is 8.66. The number of nitrogens with zero attached hydrogens (tertiary/aromatic N) is 3. The molecule has 0 aromatic carbocycles. The quantitative estimate of drug-likeness (QED) is 0.757. The Morgan fingerprint density at radius 1 is 1.39 bits per heavy atom. The number of rotatable bonds is 5. The molecule has 3 nitrogen and oxygen atoms in total. The fraction of sp³-hybridized carbons (Fsp3) is 0.714. The molecule has 0 bridgehead atoms. The molecule has 4 heteroatoms. The molecule has 100 valence electrons. The third-order valence-corrected chi connectivity index (χ3v) is 3.80. The van der Waals surface area contributed by atoms with Gasteiger partial charge in [0, 0.05) is 18.8 Å². The third-order valence-electron chi connectivity index (χ3n) is 3.62. The van der Waals surface area contributed by atoms with Crippen LogP contribution in [0.5, 0.6) is 0 Å². The maximum Gasteiger partial charge on any atom is 0.224 e. The van der Waals surface area contributed by atoms with Gasteiger partial charge in [0.1, 0.15) is 5.82 Å². The van der Waals surface area contributed by atoms with E-state index in [1.807, 2.05) is 6.07 Å². The number of hydrogen-bond acceptors (Lipinski definition) is 3. The summed E-state index contributed by atoms with van der Waals surface area (Å²) >= 11 is 5.91. The predicted octanol–water partition coefficient (Wildman–Crippen LogP) is 3.93. The lowest BCUT2D eigenvalue weighted by atomic mass is 10.1. The fourth-order valence-electron chi connectivity index (χ4n) is 2.58. The van der Waals surface area contributed by atoms with Gasteiger partial charge >= 0.3 is 0 Å². The summed E-state index contributed by atoms with van der Waals surface area (Å²) in [5, 5.41) is 0.347. The Bertz CT molecular complexity index is 375. The van der Waals surface area contributed by atoms with Crippen LogP contribution in [0.2, 0.25) is 5.28 Å². The molecule has 0 N–H and O–H groups in total. The Morgan fingerprint density at radius 3 is 2.72 bits per heavy atom. The summed E-state index contributed by atoms with van der Waals surface area (Å²) in [5.41, 5.74) is 0. The van der Waals surface area contributed by atoms with Crippen LogP contribution in [-0.2, 0) is 0 Å². The van der Waals surface area contributed by atoms with Crippen molar-refractivity contribution in [2.24, 2.45) is 5.92 Å². The highest BCUT2D eigenvalue weighted by molar-refractivity contribution is 6.28. The highest BCUT2D eigenvalue weighted by atomic mass is 35.5. The molecule has 1 fully saturated rings. The lowest BCUT2D eigenvalue weighted by Gasteiger charge is -2.30. The zero-order valence-corrected chi connectivity index (χ0v) is 12.0. The van der Waals surface area contributed by atoms with Crippen LogP contribution in [0.1, 0.15) is 46.0 Å². The summed E-state index contributed by atoms with van der Waals surface area (Å²) in [4.78, 5) is 10.8. The Balaban J connectivity index is 2.12. The van der Waals surface area contributed by atoms with Crippen molar-refractivity contribution >= 4 is 17.4 Å². The zero-order valence-electron chi connectivity index (χ0n) is 11.3. The highest BCUT2D eigenvalue weighted by Crippen LogP contribution is 2.28. The number of hydrogen-bond donors (Lipinski definition) is 0. The van der Waals surface area contributed by atoms with E-state index in [2.05, 4.69) is 28.7 Å². The molecule has 0 amide bonds. The van der Waals surface area contributed by atoms with Crippen molar-refractivity contribution in [1.82, 2.24) is 9.97 Å². The molecular formula is C14H22ClN3. The first-order valence-corrected chi connectivity index (χ1v) is 7.30. The van der Waals surface area contributed by atoms with Crippen LogP contribution in [0.25, 0.3) is 0 Å². The van der Waals surface area contributed by atoms with Crippen molar-refractivity contribution in [1.29, 1.82) is 0 Å². The monoisotopic (exact) mass is 267 g/mol. The van der Waals surface area contributed by atoms with Crippen molar-refractivity contribution in [2.75, 3.05) is 11.4 Å². The van der Waals surface area contributed by atoms with Crippen molar-refractivity contribution in [3.8, 4) is 0 Å². The van der Waals surface area contributed by atoms with E-state index < -0.39 is 0 Å². The van der Waals surface area contributed by atoms with E-state index >= 15 is 0 Å². The minimum atomic E-state index is 0.347. The van der Waals surface area contributed by atoms with Gasteiger partial charge in [-0.15, -0.1) is 0 Å². The van der Waals surface area contributed by atoms with Gasteiger partial charge in [0.25, 0.3) is 0 Å². The van der Waals surface area contributed by atoms with Crippen LogP contribution < -0.4 is 4.90 Å². The molecule has 1 heterocycles. The second kappa shape index (κ2) is 6.37. The maximum absolute atomic E-state index is 5.91. The predicted molar refractivity (Wildman–Crippen MR) is 76.1 cm³/mol. The molecule has 2 rings (SSSR count). The van der Waals surface area contributed by atoms with E-state index in [1.165, 1.54) is 32.1 Å². The molecule has 0 atom stereocenters. The highest BCUT2D eigenvalue weighted by Gasteiger charge is 2.23. The van der Waals surface area contributed by atoms with E-state index in [0.717, 1.165) is 12.4 Å². The molecule has 1 aliphatic rings.